The highest BCUT2D eigenvalue weighted by Crippen LogP contribution is 2.39. The van der Waals surface area contributed by atoms with Crippen molar-refractivity contribution in [2.24, 2.45) is 5.92 Å². The average Bonchev–Trinajstić information content (AvgIpc) is 3.55. The van der Waals surface area contributed by atoms with Crippen molar-refractivity contribution < 1.29 is 37.1 Å². The van der Waals surface area contributed by atoms with Crippen molar-refractivity contribution in [2.45, 2.75) is 63.2 Å². The molecule has 0 radical (unpaired) electrons. The second-order valence-electron chi connectivity index (χ2n) is 13.2. The number of ether oxygens (including phenoxy) is 2. The third kappa shape index (κ3) is 8.86. The van der Waals surface area contributed by atoms with Crippen molar-refractivity contribution in [3.8, 4) is 0 Å². The third-order valence-electron chi connectivity index (χ3n) is 9.72. The third-order valence-corrected chi connectivity index (χ3v) is 12.8. The molecule has 6 rings (SSSR count). The number of aryl methyl sites for hydroxylation is 3. The van der Waals surface area contributed by atoms with E-state index >= 15 is 0 Å². The SMILES string of the molecule is CCOC(=O)C1CCN(S(=O)(=O)c2cccc(C(=O)Nc3sc4c(c3C(=O)Nc3ccc(CCc5ccc(C(=O)OC)cc5)cc3)CCCC4)c2)CC1. The standard InChI is InChI=1S/C40H43N3O8S2/c1-3-51-40(47)29-21-23-43(24-22-29)53(48,49)32-8-6-7-30(25-32)36(44)42-38-35(33-9-4-5-10-34(33)52-38)37(45)41-31-19-15-27(16-20-31)12-11-26-13-17-28(18-14-26)39(46)50-2/h6-8,13-20,25,29H,3-5,9-12,21-24H2,1-2H3,(H,41,45)(H,42,44). The van der Waals surface area contributed by atoms with Crippen LogP contribution in [0.3, 0.4) is 0 Å². The Labute approximate surface area is 313 Å². The van der Waals surface area contributed by atoms with Gasteiger partial charge in [0, 0.05) is 29.2 Å². The molecule has 0 saturated carbocycles. The zero-order valence-corrected chi connectivity index (χ0v) is 31.4. The summed E-state index contributed by atoms with van der Waals surface area (Å²) in [5, 5.41) is 6.37. The van der Waals surface area contributed by atoms with Crippen molar-refractivity contribution in [1.82, 2.24) is 4.31 Å². The molecule has 3 aromatic carbocycles. The van der Waals surface area contributed by atoms with Gasteiger partial charge in [-0.25, -0.2) is 13.2 Å². The second-order valence-corrected chi connectivity index (χ2v) is 16.2. The number of rotatable bonds is 12. The smallest absolute Gasteiger partial charge is 0.337 e. The Balaban J connectivity index is 1.12. The zero-order valence-electron chi connectivity index (χ0n) is 29.8. The van der Waals surface area contributed by atoms with Crippen molar-refractivity contribution in [3.63, 3.8) is 0 Å². The van der Waals surface area contributed by atoms with Gasteiger partial charge in [-0.3, -0.25) is 14.4 Å². The van der Waals surface area contributed by atoms with Gasteiger partial charge in [0.2, 0.25) is 10.0 Å². The first-order valence-corrected chi connectivity index (χ1v) is 20.1. The molecule has 4 aromatic rings. The fourth-order valence-electron chi connectivity index (χ4n) is 6.77. The molecule has 1 aliphatic heterocycles. The minimum Gasteiger partial charge on any atom is -0.466 e. The van der Waals surface area contributed by atoms with Gasteiger partial charge in [0.15, 0.2) is 0 Å². The van der Waals surface area contributed by atoms with Gasteiger partial charge in [0.1, 0.15) is 5.00 Å². The van der Waals surface area contributed by atoms with Gasteiger partial charge < -0.3 is 20.1 Å². The zero-order chi connectivity index (χ0) is 37.5. The van der Waals surface area contributed by atoms with Crippen LogP contribution in [0, 0.1) is 5.92 Å². The lowest BCUT2D eigenvalue weighted by Gasteiger charge is -2.30. The van der Waals surface area contributed by atoms with E-state index < -0.39 is 15.9 Å². The first-order chi connectivity index (χ1) is 25.6. The van der Waals surface area contributed by atoms with Gasteiger partial charge in [-0.15, -0.1) is 11.3 Å². The molecule has 2 aliphatic rings. The number of methoxy groups -OCH3 is 1. The van der Waals surface area contributed by atoms with E-state index in [-0.39, 0.29) is 53.9 Å². The fraction of sp³-hybridized carbons (Fsp3) is 0.350. The Kier molecular flexibility index (Phi) is 12.1. The molecule has 1 saturated heterocycles. The molecule has 0 unspecified atom stereocenters. The summed E-state index contributed by atoms with van der Waals surface area (Å²) in [5.74, 6) is -1.84. The maximum absolute atomic E-state index is 13.8. The molecule has 0 spiro atoms. The molecule has 1 fully saturated rings. The molecule has 11 nitrogen and oxygen atoms in total. The predicted molar refractivity (Wildman–Crippen MR) is 203 cm³/mol. The van der Waals surface area contributed by atoms with Crippen molar-refractivity contribution in [3.05, 3.63) is 111 Å². The van der Waals surface area contributed by atoms with Crippen molar-refractivity contribution in [1.29, 1.82) is 0 Å². The summed E-state index contributed by atoms with van der Waals surface area (Å²) in [6.45, 7) is 2.38. The number of nitrogens with one attached hydrogen (secondary N) is 2. The molecular weight excluding hydrogens is 715 g/mol. The molecule has 53 heavy (non-hydrogen) atoms. The van der Waals surface area contributed by atoms with E-state index in [0.29, 0.717) is 34.7 Å². The predicted octanol–water partition coefficient (Wildman–Crippen LogP) is 6.67. The highest BCUT2D eigenvalue weighted by Gasteiger charge is 2.33. The molecule has 2 N–H and O–H groups in total. The first kappa shape index (κ1) is 37.9. The quantitative estimate of drug-likeness (QED) is 0.152. The Morgan fingerprint density at radius 3 is 2.15 bits per heavy atom. The van der Waals surface area contributed by atoms with Crippen LogP contribution in [0.2, 0.25) is 0 Å². The number of sulfonamides is 1. The number of benzene rings is 3. The normalized spacial score (nSPS) is 14.9. The van der Waals surface area contributed by atoms with Crippen LogP contribution in [0.5, 0.6) is 0 Å². The van der Waals surface area contributed by atoms with E-state index in [1.165, 1.54) is 41.0 Å². The van der Waals surface area contributed by atoms with E-state index in [1.54, 1.807) is 25.1 Å². The van der Waals surface area contributed by atoms with Gasteiger partial charge in [-0.05, 0) is 117 Å². The van der Waals surface area contributed by atoms with Crippen LogP contribution in [-0.4, -0.2) is 63.3 Å². The summed E-state index contributed by atoms with van der Waals surface area (Å²) < 4.78 is 38.3. The summed E-state index contributed by atoms with van der Waals surface area (Å²) in [5.41, 5.74) is 4.84. The minimum atomic E-state index is -3.91. The van der Waals surface area contributed by atoms with E-state index in [2.05, 4.69) is 10.6 Å². The first-order valence-electron chi connectivity index (χ1n) is 17.9. The number of esters is 2. The summed E-state index contributed by atoms with van der Waals surface area (Å²) in [6.07, 6.45) is 5.77. The molecule has 13 heteroatoms. The summed E-state index contributed by atoms with van der Waals surface area (Å²) >= 11 is 1.39. The molecule has 1 aliphatic carbocycles. The number of carbonyl (C=O) groups excluding carboxylic acids is 4. The Morgan fingerprint density at radius 1 is 0.830 bits per heavy atom. The number of anilines is 2. The van der Waals surface area contributed by atoms with Gasteiger partial charge in [0.05, 0.1) is 35.7 Å². The monoisotopic (exact) mass is 757 g/mol. The fourth-order valence-corrected chi connectivity index (χ4v) is 9.57. The second kappa shape index (κ2) is 16.9. The lowest BCUT2D eigenvalue weighted by molar-refractivity contribution is -0.149. The van der Waals surface area contributed by atoms with E-state index in [4.69, 9.17) is 9.47 Å². The largest absolute Gasteiger partial charge is 0.466 e. The minimum absolute atomic E-state index is 0.0110. The Hall–Kier alpha value is -4.85. The number of thiophene rings is 1. The molecule has 1 aromatic heterocycles. The summed E-state index contributed by atoms with van der Waals surface area (Å²) in [4.78, 5) is 52.4. The number of carbonyl (C=O) groups is 4. The van der Waals surface area contributed by atoms with Gasteiger partial charge >= 0.3 is 11.9 Å². The van der Waals surface area contributed by atoms with Crippen LogP contribution in [0.4, 0.5) is 10.7 Å². The average molecular weight is 758 g/mol. The molecular formula is C40H43N3O8S2. The van der Waals surface area contributed by atoms with Crippen LogP contribution < -0.4 is 10.6 Å². The topological polar surface area (TPSA) is 148 Å². The van der Waals surface area contributed by atoms with Crippen LogP contribution in [0.15, 0.2) is 77.7 Å². The van der Waals surface area contributed by atoms with Crippen LogP contribution in [0.25, 0.3) is 0 Å². The van der Waals surface area contributed by atoms with Gasteiger partial charge in [0.25, 0.3) is 11.8 Å². The van der Waals surface area contributed by atoms with Crippen molar-refractivity contribution in [2.75, 3.05) is 37.4 Å². The highest BCUT2D eigenvalue weighted by molar-refractivity contribution is 7.89. The molecule has 278 valence electrons. The number of hydrogen-bond acceptors (Lipinski definition) is 9. The number of fused-ring (bicyclic) bond motifs is 1. The van der Waals surface area contributed by atoms with E-state index in [9.17, 15) is 27.6 Å². The van der Waals surface area contributed by atoms with Crippen LogP contribution in [-0.2, 0) is 50.0 Å². The van der Waals surface area contributed by atoms with E-state index in [0.717, 1.165) is 60.1 Å². The molecule has 0 atom stereocenters. The van der Waals surface area contributed by atoms with Crippen LogP contribution >= 0.6 is 11.3 Å². The van der Waals surface area contributed by atoms with Gasteiger partial charge in [-0.1, -0.05) is 30.3 Å². The molecule has 2 amide bonds. The lowest BCUT2D eigenvalue weighted by atomic mass is 9.95. The van der Waals surface area contributed by atoms with Gasteiger partial charge in [-0.2, -0.15) is 4.31 Å². The maximum atomic E-state index is 13.8. The molecule has 0 bridgehead atoms. The van der Waals surface area contributed by atoms with Crippen LogP contribution in [0.1, 0.15) is 85.2 Å². The molecule has 2 heterocycles. The van der Waals surface area contributed by atoms with E-state index in [1.807, 2.05) is 36.4 Å². The summed E-state index contributed by atoms with van der Waals surface area (Å²) in [6, 6.07) is 20.9. The summed E-state index contributed by atoms with van der Waals surface area (Å²) in [7, 11) is -2.56. The lowest BCUT2D eigenvalue weighted by Crippen LogP contribution is -2.40. The maximum Gasteiger partial charge on any atom is 0.337 e. The number of nitrogens with zero attached hydrogens (tertiary/aromatic N) is 1. The Morgan fingerprint density at radius 2 is 1.49 bits per heavy atom. The number of amides is 2. The number of hydrogen-bond donors (Lipinski definition) is 2. The van der Waals surface area contributed by atoms with Crippen molar-refractivity contribution >= 4 is 55.8 Å². The Bertz CT molecular complexity index is 2080. The highest BCUT2D eigenvalue weighted by atomic mass is 32.2. The number of piperidine rings is 1.